The predicted molar refractivity (Wildman–Crippen MR) is 87.3 cm³/mol. The van der Waals surface area contributed by atoms with Crippen molar-refractivity contribution in [2.24, 2.45) is 5.73 Å². The highest BCUT2D eigenvalue weighted by atomic mass is 79.9. The zero-order valence-corrected chi connectivity index (χ0v) is 13.8. The molecule has 1 aromatic heterocycles. The van der Waals surface area contributed by atoms with Gasteiger partial charge < -0.3 is 11.1 Å². The molecule has 6 heteroatoms. The zero-order valence-electron chi connectivity index (χ0n) is 12.2. The van der Waals surface area contributed by atoms with Crippen LogP contribution < -0.4 is 11.1 Å². The van der Waals surface area contributed by atoms with Crippen LogP contribution in [0.5, 0.6) is 0 Å². The Bertz CT molecular complexity index is 651. The number of nitrogens with two attached hydrogens (primary N) is 1. The van der Waals surface area contributed by atoms with E-state index in [9.17, 15) is 4.79 Å². The number of benzene rings is 1. The van der Waals surface area contributed by atoms with Crippen LogP contribution in [0, 0.1) is 0 Å². The van der Waals surface area contributed by atoms with E-state index in [1.165, 1.54) is 0 Å². The Balaban J connectivity index is 2.18. The number of nitrogens with one attached hydrogen (secondary N) is 1. The highest BCUT2D eigenvalue weighted by molar-refractivity contribution is 9.10. The fraction of sp³-hybridized carbons (Fsp3) is 0.333. The molecule has 0 unspecified atom stereocenters. The molecule has 0 aliphatic heterocycles. The average molecular weight is 351 g/mol. The van der Waals surface area contributed by atoms with Crippen molar-refractivity contribution < 1.29 is 4.79 Å². The predicted octanol–water partition coefficient (Wildman–Crippen LogP) is 2.94. The lowest BCUT2D eigenvalue weighted by Crippen LogP contribution is -2.12. The van der Waals surface area contributed by atoms with Crippen molar-refractivity contribution in [2.75, 3.05) is 5.32 Å². The van der Waals surface area contributed by atoms with E-state index in [0.29, 0.717) is 12.1 Å². The topological polar surface area (TPSA) is 72.9 Å². The Hall–Kier alpha value is -1.82. The molecule has 0 atom stereocenters. The Morgan fingerprint density at radius 2 is 2.19 bits per heavy atom. The van der Waals surface area contributed by atoms with E-state index in [4.69, 9.17) is 5.73 Å². The van der Waals surface area contributed by atoms with Crippen LogP contribution in [-0.2, 0) is 19.5 Å². The summed E-state index contributed by atoms with van der Waals surface area (Å²) >= 11 is 3.62. The normalized spacial score (nSPS) is 10.6. The van der Waals surface area contributed by atoms with Crippen molar-refractivity contribution in [3.8, 4) is 0 Å². The first-order valence-corrected chi connectivity index (χ1v) is 7.73. The van der Waals surface area contributed by atoms with E-state index in [1.807, 2.05) is 16.8 Å². The SMILES string of the molecule is CCc1nn(CC)c(CNc2cccc(C(N)=O)c2)c1Br. The summed E-state index contributed by atoms with van der Waals surface area (Å²) in [7, 11) is 0. The van der Waals surface area contributed by atoms with E-state index in [0.717, 1.165) is 34.5 Å². The van der Waals surface area contributed by atoms with Crippen LogP contribution in [0.15, 0.2) is 28.7 Å². The molecule has 2 rings (SSSR count). The highest BCUT2D eigenvalue weighted by Crippen LogP contribution is 2.23. The quantitative estimate of drug-likeness (QED) is 0.840. The van der Waals surface area contributed by atoms with Gasteiger partial charge in [0.15, 0.2) is 0 Å². The van der Waals surface area contributed by atoms with Gasteiger partial charge in [-0.1, -0.05) is 13.0 Å². The van der Waals surface area contributed by atoms with Gasteiger partial charge in [-0.15, -0.1) is 0 Å². The van der Waals surface area contributed by atoms with Crippen LogP contribution in [0.2, 0.25) is 0 Å². The molecule has 0 spiro atoms. The van der Waals surface area contributed by atoms with Gasteiger partial charge in [0.2, 0.25) is 5.91 Å². The molecule has 21 heavy (non-hydrogen) atoms. The van der Waals surface area contributed by atoms with Crippen molar-refractivity contribution in [1.82, 2.24) is 9.78 Å². The van der Waals surface area contributed by atoms with Crippen molar-refractivity contribution in [1.29, 1.82) is 0 Å². The molecule has 0 saturated heterocycles. The molecular weight excluding hydrogens is 332 g/mol. The molecule has 1 aromatic carbocycles. The highest BCUT2D eigenvalue weighted by Gasteiger charge is 2.13. The summed E-state index contributed by atoms with van der Waals surface area (Å²) in [5, 5.41) is 7.87. The Morgan fingerprint density at radius 3 is 2.81 bits per heavy atom. The minimum atomic E-state index is -0.424. The summed E-state index contributed by atoms with van der Waals surface area (Å²) in [6, 6.07) is 7.18. The Labute approximate surface area is 132 Å². The number of aromatic nitrogens is 2. The number of hydrogen-bond donors (Lipinski definition) is 2. The molecule has 1 amide bonds. The van der Waals surface area contributed by atoms with Crippen LogP contribution in [0.1, 0.15) is 35.6 Å². The molecule has 0 aliphatic rings. The maximum Gasteiger partial charge on any atom is 0.248 e. The van der Waals surface area contributed by atoms with Gasteiger partial charge >= 0.3 is 0 Å². The summed E-state index contributed by atoms with van der Waals surface area (Å²) in [4.78, 5) is 11.2. The monoisotopic (exact) mass is 350 g/mol. The summed E-state index contributed by atoms with van der Waals surface area (Å²) in [6.45, 7) is 5.59. The fourth-order valence-corrected chi connectivity index (χ4v) is 2.86. The van der Waals surface area contributed by atoms with Gasteiger partial charge in [0.1, 0.15) is 0 Å². The van der Waals surface area contributed by atoms with Gasteiger partial charge in [-0.05, 0) is 47.5 Å². The van der Waals surface area contributed by atoms with E-state index < -0.39 is 5.91 Å². The first-order valence-electron chi connectivity index (χ1n) is 6.94. The number of primary amides is 1. The molecule has 3 N–H and O–H groups in total. The van der Waals surface area contributed by atoms with E-state index >= 15 is 0 Å². The third-order valence-corrected chi connectivity index (χ3v) is 4.22. The molecule has 1 heterocycles. The number of halogens is 1. The molecule has 0 radical (unpaired) electrons. The van der Waals surface area contributed by atoms with Crippen molar-refractivity contribution in [2.45, 2.75) is 33.4 Å². The van der Waals surface area contributed by atoms with Gasteiger partial charge in [0.25, 0.3) is 0 Å². The van der Waals surface area contributed by atoms with Gasteiger partial charge in [-0.25, -0.2) is 0 Å². The van der Waals surface area contributed by atoms with Gasteiger partial charge in [-0.3, -0.25) is 9.48 Å². The fourth-order valence-electron chi connectivity index (χ4n) is 2.15. The second-order valence-corrected chi connectivity index (χ2v) is 5.47. The summed E-state index contributed by atoms with van der Waals surface area (Å²) in [6.07, 6.45) is 0.887. The third kappa shape index (κ3) is 3.44. The molecule has 0 fully saturated rings. The van der Waals surface area contributed by atoms with Crippen molar-refractivity contribution in [3.63, 3.8) is 0 Å². The van der Waals surface area contributed by atoms with Crippen molar-refractivity contribution >= 4 is 27.5 Å². The van der Waals surface area contributed by atoms with Gasteiger partial charge in [0.05, 0.1) is 22.4 Å². The lowest BCUT2D eigenvalue weighted by Gasteiger charge is -2.09. The summed E-state index contributed by atoms with van der Waals surface area (Å²) in [5.41, 5.74) is 8.80. The summed E-state index contributed by atoms with van der Waals surface area (Å²) in [5.74, 6) is -0.424. The largest absolute Gasteiger partial charge is 0.379 e. The van der Waals surface area contributed by atoms with Crippen molar-refractivity contribution in [3.05, 3.63) is 45.7 Å². The molecule has 0 bridgehead atoms. The first kappa shape index (κ1) is 15.6. The number of carbonyl (C=O) groups excluding carboxylic acids is 1. The molecule has 0 aliphatic carbocycles. The first-order chi connectivity index (χ1) is 10.1. The van der Waals surface area contributed by atoms with Gasteiger partial charge in [0, 0.05) is 17.8 Å². The number of aryl methyl sites for hydroxylation is 2. The van der Waals surface area contributed by atoms with Crippen LogP contribution >= 0.6 is 15.9 Å². The molecule has 0 saturated carbocycles. The summed E-state index contributed by atoms with van der Waals surface area (Å²) < 4.78 is 3.03. The number of rotatable bonds is 6. The standard InChI is InChI=1S/C15H19BrN4O/c1-3-12-14(16)13(20(4-2)19-12)9-18-11-7-5-6-10(8-11)15(17)21/h5-8,18H,3-4,9H2,1-2H3,(H2,17,21). The smallest absolute Gasteiger partial charge is 0.248 e. The lowest BCUT2D eigenvalue weighted by atomic mass is 10.2. The van der Waals surface area contributed by atoms with E-state index in [-0.39, 0.29) is 0 Å². The van der Waals surface area contributed by atoms with E-state index in [1.54, 1.807) is 12.1 Å². The third-order valence-electron chi connectivity index (χ3n) is 3.30. The minimum Gasteiger partial charge on any atom is -0.379 e. The second-order valence-electron chi connectivity index (χ2n) is 4.68. The van der Waals surface area contributed by atoms with Crippen LogP contribution in [-0.4, -0.2) is 15.7 Å². The second kappa shape index (κ2) is 6.76. The zero-order chi connectivity index (χ0) is 15.4. The van der Waals surface area contributed by atoms with Gasteiger partial charge in [-0.2, -0.15) is 5.10 Å². The lowest BCUT2D eigenvalue weighted by molar-refractivity contribution is 0.100. The number of hydrogen-bond acceptors (Lipinski definition) is 3. The average Bonchev–Trinajstić information content (AvgIpc) is 2.81. The molecule has 112 valence electrons. The molecule has 5 nitrogen and oxygen atoms in total. The maximum atomic E-state index is 11.2. The van der Waals surface area contributed by atoms with Crippen LogP contribution in [0.4, 0.5) is 5.69 Å². The van der Waals surface area contributed by atoms with Crippen LogP contribution in [0.25, 0.3) is 0 Å². The molecular formula is C15H19BrN4O. The van der Waals surface area contributed by atoms with E-state index in [2.05, 4.69) is 40.2 Å². The minimum absolute atomic E-state index is 0.424. The maximum absolute atomic E-state index is 11.2. The number of nitrogens with zero attached hydrogens (tertiary/aromatic N) is 2. The number of anilines is 1. The number of carbonyl (C=O) groups is 1. The Morgan fingerprint density at radius 1 is 1.43 bits per heavy atom. The Kier molecular flexibility index (Phi) is 5.01. The number of amides is 1. The van der Waals surface area contributed by atoms with Crippen LogP contribution in [0.3, 0.4) is 0 Å². The molecule has 2 aromatic rings.